The molecule has 2 atom stereocenters. The zero-order valence-corrected chi connectivity index (χ0v) is 18.0. The van der Waals surface area contributed by atoms with Crippen LogP contribution in [0.3, 0.4) is 0 Å². The second-order valence-corrected chi connectivity index (χ2v) is 10.3. The molecule has 0 amide bonds. The summed E-state index contributed by atoms with van der Waals surface area (Å²) >= 11 is 0. The average molecular weight is 376 g/mol. The first-order valence-corrected chi connectivity index (χ1v) is 10.4. The smallest absolute Gasteiger partial charge is 0.161 e. The zero-order chi connectivity index (χ0) is 19.8. The Morgan fingerprint density at radius 2 is 1.85 bits per heavy atom. The van der Waals surface area contributed by atoms with Crippen LogP contribution >= 0.6 is 0 Å². The standard InChI is InChI=1S/C23H37NO3/c1-22(2,3)13-16-7-8-19-18-12-20(26-6)21(27-15-23(4,5)25)11-17(18)9-10-24(19)14-16/h11-12,16,19,25H,7-10,13-15H2,1-6H3. The van der Waals surface area contributed by atoms with Crippen LogP contribution in [0.1, 0.15) is 71.0 Å². The molecule has 1 aromatic carbocycles. The number of fused-ring (bicyclic) bond motifs is 3. The summed E-state index contributed by atoms with van der Waals surface area (Å²) in [4.78, 5) is 2.68. The van der Waals surface area contributed by atoms with E-state index in [9.17, 15) is 5.11 Å². The highest BCUT2D eigenvalue weighted by molar-refractivity contribution is 5.49. The Hall–Kier alpha value is -1.26. The van der Waals surface area contributed by atoms with E-state index in [2.05, 4.69) is 37.8 Å². The van der Waals surface area contributed by atoms with E-state index in [0.29, 0.717) is 11.5 Å². The summed E-state index contributed by atoms with van der Waals surface area (Å²) in [6.45, 7) is 13.2. The van der Waals surface area contributed by atoms with Gasteiger partial charge in [-0.2, -0.15) is 0 Å². The molecule has 3 rings (SSSR count). The lowest BCUT2D eigenvalue weighted by Crippen LogP contribution is -2.43. The van der Waals surface area contributed by atoms with Crippen molar-refractivity contribution < 1.29 is 14.6 Å². The first-order valence-electron chi connectivity index (χ1n) is 10.4. The monoisotopic (exact) mass is 375 g/mol. The molecule has 2 aliphatic rings. The minimum atomic E-state index is -0.858. The highest BCUT2D eigenvalue weighted by Gasteiger charge is 2.35. The molecule has 152 valence electrons. The van der Waals surface area contributed by atoms with Crippen molar-refractivity contribution in [3.63, 3.8) is 0 Å². The Bertz CT molecular complexity index is 657. The molecular formula is C23H37NO3. The van der Waals surface area contributed by atoms with Gasteiger partial charge in [0.05, 0.1) is 12.7 Å². The van der Waals surface area contributed by atoms with E-state index >= 15 is 0 Å². The van der Waals surface area contributed by atoms with Crippen molar-refractivity contribution in [2.45, 2.75) is 71.9 Å². The van der Waals surface area contributed by atoms with Crippen molar-refractivity contribution >= 4 is 0 Å². The maximum atomic E-state index is 9.97. The van der Waals surface area contributed by atoms with Gasteiger partial charge in [-0.3, -0.25) is 4.90 Å². The van der Waals surface area contributed by atoms with E-state index in [1.807, 2.05) is 0 Å². The maximum absolute atomic E-state index is 9.97. The molecule has 1 N–H and O–H groups in total. The Kier molecular flexibility index (Phi) is 5.79. The molecule has 2 heterocycles. The second-order valence-electron chi connectivity index (χ2n) is 10.3. The fraction of sp³-hybridized carbons (Fsp3) is 0.739. The van der Waals surface area contributed by atoms with Gasteiger partial charge in [-0.1, -0.05) is 20.8 Å². The predicted octanol–water partition coefficient (Wildman–Crippen LogP) is 4.59. The van der Waals surface area contributed by atoms with E-state index in [1.165, 1.54) is 36.9 Å². The molecule has 2 aliphatic heterocycles. The minimum Gasteiger partial charge on any atom is -0.493 e. The lowest BCUT2D eigenvalue weighted by atomic mass is 9.77. The van der Waals surface area contributed by atoms with Crippen LogP contribution in [0.25, 0.3) is 0 Å². The highest BCUT2D eigenvalue weighted by atomic mass is 16.5. The maximum Gasteiger partial charge on any atom is 0.161 e. The van der Waals surface area contributed by atoms with Crippen LogP contribution in [0.4, 0.5) is 0 Å². The van der Waals surface area contributed by atoms with Gasteiger partial charge >= 0.3 is 0 Å². The van der Waals surface area contributed by atoms with Crippen molar-refractivity contribution in [3.05, 3.63) is 23.3 Å². The van der Waals surface area contributed by atoms with Crippen LogP contribution in [-0.2, 0) is 6.42 Å². The minimum absolute atomic E-state index is 0.256. The molecule has 27 heavy (non-hydrogen) atoms. The molecule has 0 saturated carbocycles. The number of piperidine rings is 1. The van der Waals surface area contributed by atoms with Gasteiger partial charge in [0.1, 0.15) is 6.61 Å². The van der Waals surface area contributed by atoms with Gasteiger partial charge < -0.3 is 14.6 Å². The summed E-state index contributed by atoms with van der Waals surface area (Å²) < 4.78 is 11.5. The van der Waals surface area contributed by atoms with Gasteiger partial charge in [-0.05, 0) is 74.1 Å². The lowest BCUT2D eigenvalue weighted by Gasteiger charge is -2.45. The molecule has 1 saturated heterocycles. The van der Waals surface area contributed by atoms with Gasteiger partial charge in [-0.15, -0.1) is 0 Å². The molecule has 4 heteroatoms. The van der Waals surface area contributed by atoms with Crippen molar-refractivity contribution in [3.8, 4) is 11.5 Å². The fourth-order valence-electron chi connectivity index (χ4n) is 4.69. The number of rotatable bonds is 5. The average Bonchev–Trinajstić information content (AvgIpc) is 2.56. The van der Waals surface area contributed by atoms with Crippen LogP contribution in [0.2, 0.25) is 0 Å². The molecule has 0 spiro atoms. The van der Waals surface area contributed by atoms with Crippen molar-refractivity contribution in [1.82, 2.24) is 4.90 Å². The molecular weight excluding hydrogens is 338 g/mol. The van der Waals surface area contributed by atoms with Gasteiger partial charge in [0.2, 0.25) is 0 Å². The van der Waals surface area contributed by atoms with Crippen LogP contribution < -0.4 is 9.47 Å². The molecule has 0 radical (unpaired) electrons. The zero-order valence-electron chi connectivity index (χ0n) is 18.0. The molecule has 0 bridgehead atoms. The number of nitrogens with zero attached hydrogens (tertiary/aromatic N) is 1. The number of benzene rings is 1. The van der Waals surface area contributed by atoms with Crippen molar-refractivity contribution in [2.75, 3.05) is 26.8 Å². The quantitative estimate of drug-likeness (QED) is 0.817. The number of hydrogen-bond donors (Lipinski definition) is 1. The van der Waals surface area contributed by atoms with Crippen LogP contribution in [0, 0.1) is 11.3 Å². The summed E-state index contributed by atoms with van der Waals surface area (Å²) in [6, 6.07) is 4.82. The molecule has 1 aromatic rings. The van der Waals surface area contributed by atoms with Crippen LogP contribution in [0.15, 0.2) is 12.1 Å². The third kappa shape index (κ3) is 5.17. The Morgan fingerprint density at radius 3 is 2.48 bits per heavy atom. The van der Waals surface area contributed by atoms with E-state index in [1.54, 1.807) is 21.0 Å². The molecule has 1 fully saturated rings. The first kappa shape index (κ1) is 20.5. The Balaban J connectivity index is 1.77. The van der Waals surface area contributed by atoms with Crippen molar-refractivity contribution in [2.24, 2.45) is 11.3 Å². The number of aliphatic hydroxyl groups is 1. The topological polar surface area (TPSA) is 41.9 Å². The first-order chi connectivity index (χ1) is 12.6. The fourth-order valence-corrected chi connectivity index (χ4v) is 4.69. The SMILES string of the molecule is COc1cc2c(cc1OCC(C)(C)O)CCN1CC(CC(C)(C)C)CCC21. The molecule has 2 unspecified atom stereocenters. The highest BCUT2D eigenvalue weighted by Crippen LogP contribution is 2.44. The van der Waals surface area contributed by atoms with Gasteiger partial charge in [-0.25, -0.2) is 0 Å². The second kappa shape index (κ2) is 7.63. The summed E-state index contributed by atoms with van der Waals surface area (Å²) in [5.41, 5.74) is 2.32. The third-order valence-corrected chi connectivity index (χ3v) is 5.72. The number of methoxy groups -OCH3 is 1. The Morgan fingerprint density at radius 1 is 1.11 bits per heavy atom. The van der Waals surface area contributed by atoms with E-state index in [0.717, 1.165) is 30.4 Å². The third-order valence-electron chi connectivity index (χ3n) is 5.72. The summed E-state index contributed by atoms with van der Waals surface area (Å²) in [5, 5.41) is 9.97. The molecule has 4 nitrogen and oxygen atoms in total. The molecule has 0 aliphatic carbocycles. The summed E-state index contributed by atoms with van der Waals surface area (Å²) in [5.74, 6) is 2.32. The predicted molar refractivity (Wildman–Crippen MR) is 110 cm³/mol. The Labute approximate surface area is 164 Å². The van der Waals surface area contributed by atoms with Gasteiger partial charge in [0.15, 0.2) is 11.5 Å². The van der Waals surface area contributed by atoms with Crippen molar-refractivity contribution in [1.29, 1.82) is 0 Å². The summed E-state index contributed by atoms with van der Waals surface area (Å²) in [7, 11) is 1.69. The van der Waals surface area contributed by atoms with Crippen LogP contribution in [-0.4, -0.2) is 42.4 Å². The van der Waals surface area contributed by atoms with E-state index < -0.39 is 5.60 Å². The van der Waals surface area contributed by atoms with Crippen LogP contribution in [0.5, 0.6) is 11.5 Å². The number of ether oxygens (including phenoxy) is 2. The lowest BCUT2D eigenvalue weighted by molar-refractivity contribution is 0.0274. The number of hydrogen-bond acceptors (Lipinski definition) is 4. The summed E-state index contributed by atoms with van der Waals surface area (Å²) in [6.07, 6.45) is 4.88. The normalized spacial score (nSPS) is 23.5. The van der Waals surface area contributed by atoms with Gasteiger partial charge in [0.25, 0.3) is 0 Å². The van der Waals surface area contributed by atoms with E-state index in [-0.39, 0.29) is 6.61 Å². The largest absolute Gasteiger partial charge is 0.493 e. The van der Waals surface area contributed by atoms with E-state index in [4.69, 9.17) is 9.47 Å². The molecule has 0 aromatic heterocycles. The van der Waals surface area contributed by atoms with Gasteiger partial charge in [0, 0.05) is 19.1 Å².